The maximum Gasteiger partial charge on any atom is 0.262 e. The topological polar surface area (TPSA) is 38.3 Å². The van der Waals surface area contributed by atoms with E-state index in [4.69, 9.17) is 4.74 Å². The van der Waals surface area contributed by atoms with Gasteiger partial charge in [-0.2, -0.15) is 0 Å². The summed E-state index contributed by atoms with van der Waals surface area (Å²) in [7, 11) is 0. The van der Waals surface area contributed by atoms with Crippen molar-refractivity contribution < 1.29 is 13.9 Å². The third-order valence-electron chi connectivity index (χ3n) is 3.38. The molecule has 0 unspecified atom stereocenters. The molecule has 0 saturated carbocycles. The Kier molecular flexibility index (Phi) is 5.15. The minimum atomic E-state index is -0.322. The van der Waals surface area contributed by atoms with Crippen LogP contribution in [-0.4, -0.2) is 12.5 Å². The van der Waals surface area contributed by atoms with E-state index in [2.05, 4.69) is 19.2 Å². The number of carbonyl (C=O) groups excluding carboxylic acids is 1. The van der Waals surface area contributed by atoms with E-state index >= 15 is 0 Å². The lowest BCUT2D eigenvalue weighted by atomic mass is 10.0. The summed E-state index contributed by atoms with van der Waals surface area (Å²) in [5, 5.41) is 2.71. The Morgan fingerprint density at radius 2 is 1.86 bits per heavy atom. The van der Waals surface area contributed by atoms with Crippen molar-refractivity contribution >= 4 is 11.6 Å². The summed E-state index contributed by atoms with van der Waals surface area (Å²) in [5.41, 5.74) is 2.48. The standard InChI is InChI=1S/C18H20FNO2/c1-12(2)14-4-7-16(8-5-14)22-11-18(21)20-17-9-6-15(19)10-13(17)3/h4-10,12H,11H2,1-3H3,(H,20,21). The zero-order valence-electron chi connectivity index (χ0n) is 13.0. The number of hydrogen-bond donors (Lipinski definition) is 1. The number of amides is 1. The van der Waals surface area contributed by atoms with Gasteiger partial charge in [0.2, 0.25) is 0 Å². The number of aryl methyl sites for hydroxylation is 1. The first-order valence-corrected chi connectivity index (χ1v) is 7.24. The van der Waals surface area contributed by atoms with Crippen molar-refractivity contribution in [3.8, 4) is 5.75 Å². The number of ether oxygens (including phenoxy) is 1. The van der Waals surface area contributed by atoms with Gasteiger partial charge in [0.15, 0.2) is 6.61 Å². The van der Waals surface area contributed by atoms with Crippen LogP contribution in [0, 0.1) is 12.7 Å². The minimum Gasteiger partial charge on any atom is -0.484 e. The molecule has 0 bridgehead atoms. The molecule has 116 valence electrons. The van der Waals surface area contributed by atoms with Crippen LogP contribution in [0.25, 0.3) is 0 Å². The van der Waals surface area contributed by atoms with Gasteiger partial charge in [0, 0.05) is 5.69 Å². The second kappa shape index (κ2) is 7.07. The molecule has 1 N–H and O–H groups in total. The number of rotatable bonds is 5. The molecule has 1 amide bonds. The van der Waals surface area contributed by atoms with Gasteiger partial charge in [0.05, 0.1) is 0 Å². The van der Waals surface area contributed by atoms with Crippen LogP contribution in [0.5, 0.6) is 5.75 Å². The summed E-state index contributed by atoms with van der Waals surface area (Å²) in [6.07, 6.45) is 0. The van der Waals surface area contributed by atoms with Crippen molar-refractivity contribution in [2.75, 3.05) is 11.9 Å². The van der Waals surface area contributed by atoms with E-state index in [1.165, 1.54) is 17.7 Å². The monoisotopic (exact) mass is 301 g/mol. The molecule has 22 heavy (non-hydrogen) atoms. The smallest absolute Gasteiger partial charge is 0.262 e. The molecule has 4 heteroatoms. The highest BCUT2D eigenvalue weighted by Gasteiger charge is 2.07. The zero-order valence-corrected chi connectivity index (χ0v) is 13.0. The van der Waals surface area contributed by atoms with E-state index in [0.29, 0.717) is 22.9 Å². The SMILES string of the molecule is Cc1cc(F)ccc1NC(=O)COc1ccc(C(C)C)cc1. The molecular formula is C18H20FNO2. The van der Waals surface area contributed by atoms with Crippen molar-refractivity contribution in [1.82, 2.24) is 0 Å². The first kappa shape index (κ1) is 16.0. The van der Waals surface area contributed by atoms with Gasteiger partial charge < -0.3 is 10.1 Å². The highest BCUT2D eigenvalue weighted by atomic mass is 19.1. The Morgan fingerprint density at radius 3 is 2.45 bits per heavy atom. The van der Waals surface area contributed by atoms with Crippen LogP contribution in [-0.2, 0) is 4.79 Å². The van der Waals surface area contributed by atoms with Gasteiger partial charge in [0.1, 0.15) is 11.6 Å². The fourth-order valence-electron chi connectivity index (χ4n) is 2.05. The second-order valence-corrected chi connectivity index (χ2v) is 5.52. The maximum absolute atomic E-state index is 13.0. The fourth-order valence-corrected chi connectivity index (χ4v) is 2.05. The first-order valence-electron chi connectivity index (χ1n) is 7.24. The largest absolute Gasteiger partial charge is 0.484 e. The fraction of sp³-hybridized carbons (Fsp3) is 0.278. The van der Waals surface area contributed by atoms with Crippen LogP contribution in [0.15, 0.2) is 42.5 Å². The molecule has 2 rings (SSSR count). The minimum absolute atomic E-state index is 0.0855. The van der Waals surface area contributed by atoms with E-state index in [1.807, 2.05) is 24.3 Å². The Labute approximate surface area is 130 Å². The molecular weight excluding hydrogens is 281 g/mol. The average molecular weight is 301 g/mol. The second-order valence-electron chi connectivity index (χ2n) is 5.52. The lowest BCUT2D eigenvalue weighted by molar-refractivity contribution is -0.118. The molecule has 0 aliphatic rings. The zero-order chi connectivity index (χ0) is 16.1. The molecule has 0 saturated heterocycles. The van der Waals surface area contributed by atoms with Gasteiger partial charge in [-0.05, 0) is 54.3 Å². The Morgan fingerprint density at radius 1 is 1.18 bits per heavy atom. The van der Waals surface area contributed by atoms with Crippen molar-refractivity contribution in [2.24, 2.45) is 0 Å². The molecule has 0 heterocycles. The molecule has 0 spiro atoms. The molecule has 2 aromatic carbocycles. The molecule has 0 aromatic heterocycles. The third-order valence-corrected chi connectivity index (χ3v) is 3.38. The predicted octanol–water partition coefficient (Wildman–Crippen LogP) is 4.28. The summed E-state index contributed by atoms with van der Waals surface area (Å²) in [4.78, 5) is 11.9. The summed E-state index contributed by atoms with van der Waals surface area (Å²) in [6, 6.07) is 11.9. The summed E-state index contributed by atoms with van der Waals surface area (Å²) >= 11 is 0. The molecule has 0 fully saturated rings. The van der Waals surface area contributed by atoms with Gasteiger partial charge in [-0.25, -0.2) is 4.39 Å². The number of anilines is 1. The highest BCUT2D eigenvalue weighted by molar-refractivity contribution is 5.92. The lowest BCUT2D eigenvalue weighted by Gasteiger charge is -2.10. The molecule has 0 radical (unpaired) electrons. The molecule has 0 aliphatic carbocycles. The van der Waals surface area contributed by atoms with Crippen molar-refractivity contribution in [3.05, 3.63) is 59.4 Å². The van der Waals surface area contributed by atoms with E-state index < -0.39 is 0 Å². The number of nitrogens with one attached hydrogen (secondary N) is 1. The summed E-state index contributed by atoms with van der Waals surface area (Å²) in [6.45, 7) is 5.89. The van der Waals surface area contributed by atoms with Crippen molar-refractivity contribution in [3.63, 3.8) is 0 Å². The van der Waals surface area contributed by atoms with Crippen molar-refractivity contribution in [2.45, 2.75) is 26.7 Å². The molecule has 0 aliphatic heterocycles. The number of carbonyl (C=O) groups is 1. The van der Waals surface area contributed by atoms with Crippen LogP contribution in [0.2, 0.25) is 0 Å². The van der Waals surface area contributed by atoms with Crippen LogP contribution >= 0.6 is 0 Å². The Hall–Kier alpha value is -2.36. The van der Waals surface area contributed by atoms with Crippen molar-refractivity contribution in [1.29, 1.82) is 0 Å². The third kappa shape index (κ3) is 4.32. The highest BCUT2D eigenvalue weighted by Crippen LogP contribution is 2.19. The van der Waals surface area contributed by atoms with E-state index in [1.54, 1.807) is 13.0 Å². The first-order chi connectivity index (χ1) is 10.5. The van der Waals surface area contributed by atoms with E-state index in [-0.39, 0.29) is 18.3 Å². The lowest BCUT2D eigenvalue weighted by Crippen LogP contribution is -2.20. The summed E-state index contributed by atoms with van der Waals surface area (Å²) in [5.74, 6) is 0.508. The molecule has 0 atom stereocenters. The number of halogens is 1. The van der Waals surface area contributed by atoms with Crippen LogP contribution in [0.1, 0.15) is 30.9 Å². The van der Waals surface area contributed by atoms with Crippen LogP contribution < -0.4 is 10.1 Å². The van der Waals surface area contributed by atoms with Gasteiger partial charge in [-0.1, -0.05) is 26.0 Å². The number of hydrogen-bond acceptors (Lipinski definition) is 2. The van der Waals surface area contributed by atoms with E-state index in [9.17, 15) is 9.18 Å². The van der Waals surface area contributed by atoms with E-state index in [0.717, 1.165) is 0 Å². The molecule has 2 aromatic rings. The van der Waals surface area contributed by atoms with Crippen LogP contribution in [0.3, 0.4) is 0 Å². The predicted molar refractivity (Wildman–Crippen MR) is 85.8 cm³/mol. The average Bonchev–Trinajstić information content (AvgIpc) is 2.48. The van der Waals surface area contributed by atoms with Gasteiger partial charge in [-0.15, -0.1) is 0 Å². The summed E-state index contributed by atoms with van der Waals surface area (Å²) < 4.78 is 18.5. The van der Waals surface area contributed by atoms with Gasteiger partial charge in [-0.3, -0.25) is 4.79 Å². The maximum atomic E-state index is 13.0. The number of benzene rings is 2. The normalized spacial score (nSPS) is 10.6. The Balaban J connectivity index is 1.89. The van der Waals surface area contributed by atoms with Gasteiger partial charge >= 0.3 is 0 Å². The van der Waals surface area contributed by atoms with Gasteiger partial charge in [0.25, 0.3) is 5.91 Å². The molecule has 3 nitrogen and oxygen atoms in total. The quantitative estimate of drug-likeness (QED) is 0.895. The Bertz CT molecular complexity index is 651. The van der Waals surface area contributed by atoms with Crippen LogP contribution in [0.4, 0.5) is 10.1 Å².